The second-order valence-corrected chi connectivity index (χ2v) is 4.33. The predicted octanol–water partition coefficient (Wildman–Crippen LogP) is 2.04. The number of carbonyl (C=O) groups is 2. The van der Waals surface area contributed by atoms with Gasteiger partial charge in [0.1, 0.15) is 0 Å². The molecular weight excluding hydrogens is 258 g/mol. The molecule has 0 saturated carbocycles. The summed E-state index contributed by atoms with van der Waals surface area (Å²) in [5.74, 6) is -3.08. The monoisotopic (exact) mass is 273 g/mol. The Morgan fingerprint density at radius 1 is 1.30 bits per heavy atom. The van der Waals surface area contributed by atoms with Crippen molar-refractivity contribution in [2.75, 3.05) is 6.61 Å². The van der Waals surface area contributed by atoms with Gasteiger partial charge in [-0.1, -0.05) is 18.2 Å². The van der Waals surface area contributed by atoms with Crippen molar-refractivity contribution in [1.29, 1.82) is 0 Å². The first-order valence-electron chi connectivity index (χ1n) is 6.35. The van der Waals surface area contributed by atoms with E-state index in [1.165, 1.54) is 0 Å². The van der Waals surface area contributed by atoms with Crippen LogP contribution in [0.3, 0.4) is 0 Å². The summed E-state index contributed by atoms with van der Waals surface area (Å²) < 4.78 is 4.81. The number of fused-ring (bicyclic) bond motifs is 1. The summed E-state index contributed by atoms with van der Waals surface area (Å²) >= 11 is 0. The van der Waals surface area contributed by atoms with Crippen LogP contribution in [0.1, 0.15) is 12.5 Å². The van der Waals surface area contributed by atoms with Gasteiger partial charge < -0.3 is 9.84 Å². The summed E-state index contributed by atoms with van der Waals surface area (Å²) in [6.07, 6.45) is 1.71. The lowest BCUT2D eigenvalue weighted by Gasteiger charge is -2.12. The highest BCUT2D eigenvalue weighted by Crippen LogP contribution is 2.20. The molecule has 0 aliphatic carbocycles. The third-order valence-corrected chi connectivity index (χ3v) is 3.03. The molecule has 1 aromatic carbocycles. The lowest BCUT2D eigenvalue weighted by Crippen LogP contribution is -2.28. The second kappa shape index (κ2) is 6.14. The van der Waals surface area contributed by atoms with Gasteiger partial charge in [-0.3, -0.25) is 14.6 Å². The lowest BCUT2D eigenvalue weighted by molar-refractivity contribution is -0.158. The van der Waals surface area contributed by atoms with Crippen LogP contribution in [0.15, 0.2) is 36.5 Å². The third-order valence-electron chi connectivity index (χ3n) is 3.03. The van der Waals surface area contributed by atoms with Crippen LogP contribution in [0, 0.1) is 5.92 Å². The number of pyridine rings is 1. The number of aliphatic carboxylic acids is 1. The van der Waals surface area contributed by atoms with Crippen molar-refractivity contribution in [1.82, 2.24) is 4.98 Å². The van der Waals surface area contributed by atoms with Gasteiger partial charge in [-0.2, -0.15) is 0 Å². The van der Waals surface area contributed by atoms with E-state index in [0.717, 1.165) is 16.5 Å². The van der Waals surface area contributed by atoms with Gasteiger partial charge in [0.05, 0.1) is 12.1 Å². The predicted molar refractivity (Wildman–Crippen MR) is 73.2 cm³/mol. The minimum Gasteiger partial charge on any atom is -0.481 e. The summed E-state index contributed by atoms with van der Waals surface area (Å²) in [6, 6.07) is 9.16. The summed E-state index contributed by atoms with van der Waals surface area (Å²) in [5, 5.41) is 10.0. The van der Waals surface area contributed by atoms with Crippen LogP contribution in [-0.4, -0.2) is 28.6 Å². The number of hydrogen-bond donors (Lipinski definition) is 1. The Bertz CT molecular complexity index is 633. The van der Waals surface area contributed by atoms with Crippen molar-refractivity contribution in [3.05, 3.63) is 42.1 Å². The molecule has 0 radical (unpaired) electrons. The van der Waals surface area contributed by atoms with Crippen LogP contribution in [0.5, 0.6) is 0 Å². The highest BCUT2D eigenvalue weighted by Gasteiger charge is 2.28. The van der Waals surface area contributed by atoms with Gasteiger partial charge in [-0.25, -0.2) is 0 Å². The van der Waals surface area contributed by atoms with Crippen molar-refractivity contribution in [2.45, 2.75) is 13.3 Å². The van der Waals surface area contributed by atoms with Crippen LogP contribution in [-0.2, 0) is 20.7 Å². The number of carboxylic acids is 1. The topological polar surface area (TPSA) is 76.5 Å². The summed E-state index contributed by atoms with van der Waals surface area (Å²) in [7, 11) is 0. The van der Waals surface area contributed by atoms with E-state index in [-0.39, 0.29) is 13.0 Å². The van der Waals surface area contributed by atoms with Gasteiger partial charge >= 0.3 is 11.9 Å². The first-order valence-corrected chi connectivity index (χ1v) is 6.35. The molecule has 0 aliphatic heterocycles. The zero-order valence-electron chi connectivity index (χ0n) is 11.1. The number of rotatable bonds is 5. The van der Waals surface area contributed by atoms with Crippen LogP contribution in [0.2, 0.25) is 0 Å². The fraction of sp³-hybridized carbons (Fsp3) is 0.267. The van der Waals surface area contributed by atoms with E-state index in [4.69, 9.17) is 4.74 Å². The number of benzene rings is 1. The molecule has 20 heavy (non-hydrogen) atoms. The molecule has 1 unspecified atom stereocenters. The molecule has 1 atom stereocenters. The molecular formula is C15H15NO4. The SMILES string of the molecule is CCOC(=O)C(Cc1ccnc2ccccc12)C(=O)O. The quantitative estimate of drug-likeness (QED) is 0.666. The second-order valence-electron chi connectivity index (χ2n) is 4.33. The number of ether oxygens (including phenoxy) is 1. The number of nitrogens with zero attached hydrogens (tertiary/aromatic N) is 1. The summed E-state index contributed by atoms with van der Waals surface area (Å²) in [4.78, 5) is 27.2. The maximum Gasteiger partial charge on any atom is 0.320 e. The fourth-order valence-corrected chi connectivity index (χ4v) is 2.07. The molecule has 0 saturated heterocycles. The molecule has 0 aliphatic rings. The molecule has 1 heterocycles. The zero-order valence-corrected chi connectivity index (χ0v) is 11.1. The molecule has 5 heteroatoms. The average Bonchev–Trinajstić information content (AvgIpc) is 2.44. The normalized spacial score (nSPS) is 12.1. The molecule has 2 aromatic rings. The highest BCUT2D eigenvalue weighted by atomic mass is 16.5. The third kappa shape index (κ3) is 2.93. The van der Waals surface area contributed by atoms with Crippen molar-refractivity contribution in [3.8, 4) is 0 Å². The Morgan fingerprint density at radius 3 is 2.75 bits per heavy atom. The van der Waals surface area contributed by atoms with Gasteiger partial charge in [0.25, 0.3) is 0 Å². The van der Waals surface area contributed by atoms with Crippen molar-refractivity contribution in [2.24, 2.45) is 5.92 Å². The maximum atomic E-state index is 11.7. The molecule has 0 amide bonds. The highest BCUT2D eigenvalue weighted by molar-refractivity contribution is 5.95. The van der Waals surface area contributed by atoms with Crippen LogP contribution >= 0.6 is 0 Å². The van der Waals surface area contributed by atoms with Crippen LogP contribution < -0.4 is 0 Å². The lowest BCUT2D eigenvalue weighted by atomic mass is 9.97. The van der Waals surface area contributed by atoms with E-state index in [0.29, 0.717) is 0 Å². The number of para-hydroxylation sites is 1. The number of hydrogen-bond acceptors (Lipinski definition) is 4. The van der Waals surface area contributed by atoms with E-state index in [1.54, 1.807) is 19.2 Å². The van der Waals surface area contributed by atoms with Crippen molar-refractivity contribution in [3.63, 3.8) is 0 Å². The van der Waals surface area contributed by atoms with Gasteiger partial charge in [-0.15, -0.1) is 0 Å². The number of carboxylic acid groups (broad SMARTS) is 1. The van der Waals surface area contributed by atoms with E-state index < -0.39 is 17.9 Å². The first kappa shape index (κ1) is 14.0. The van der Waals surface area contributed by atoms with Gasteiger partial charge in [0.15, 0.2) is 5.92 Å². The number of aromatic nitrogens is 1. The van der Waals surface area contributed by atoms with Crippen LogP contribution in [0.25, 0.3) is 10.9 Å². The molecule has 2 rings (SSSR count). The van der Waals surface area contributed by atoms with E-state index in [9.17, 15) is 14.7 Å². The van der Waals surface area contributed by atoms with E-state index in [1.807, 2.05) is 24.3 Å². The number of esters is 1. The number of carbonyl (C=O) groups excluding carboxylic acids is 1. The molecule has 104 valence electrons. The standard InChI is InChI=1S/C15H15NO4/c1-2-20-15(19)12(14(17)18)9-10-7-8-16-13-6-4-3-5-11(10)13/h3-8,12H,2,9H2,1H3,(H,17,18). The largest absolute Gasteiger partial charge is 0.481 e. The Morgan fingerprint density at radius 2 is 2.05 bits per heavy atom. The molecule has 1 N–H and O–H groups in total. The molecule has 5 nitrogen and oxygen atoms in total. The van der Waals surface area contributed by atoms with Gasteiger partial charge in [0.2, 0.25) is 0 Å². The van der Waals surface area contributed by atoms with Crippen LogP contribution in [0.4, 0.5) is 0 Å². The van der Waals surface area contributed by atoms with Crippen molar-refractivity contribution >= 4 is 22.8 Å². The fourth-order valence-electron chi connectivity index (χ4n) is 2.07. The maximum absolute atomic E-state index is 11.7. The molecule has 0 spiro atoms. The Hall–Kier alpha value is -2.43. The van der Waals surface area contributed by atoms with Gasteiger partial charge in [-0.05, 0) is 31.0 Å². The first-order chi connectivity index (χ1) is 9.63. The minimum absolute atomic E-state index is 0.0944. The van der Waals surface area contributed by atoms with E-state index >= 15 is 0 Å². The Balaban J connectivity index is 2.34. The zero-order chi connectivity index (χ0) is 14.5. The van der Waals surface area contributed by atoms with E-state index in [2.05, 4.69) is 4.98 Å². The summed E-state index contributed by atoms with van der Waals surface area (Å²) in [6.45, 7) is 1.82. The summed E-state index contributed by atoms with van der Waals surface area (Å²) in [5.41, 5.74) is 1.55. The van der Waals surface area contributed by atoms with Crippen molar-refractivity contribution < 1.29 is 19.4 Å². The van der Waals surface area contributed by atoms with Gasteiger partial charge in [0, 0.05) is 11.6 Å². The minimum atomic E-state index is -1.19. The molecule has 0 fully saturated rings. The Kier molecular flexibility index (Phi) is 4.30. The molecule has 0 bridgehead atoms. The smallest absolute Gasteiger partial charge is 0.320 e. The Labute approximate surface area is 116 Å². The molecule has 1 aromatic heterocycles. The average molecular weight is 273 g/mol.